The highest BCUT2D eigenvalue weighted by Gasteiger charge is 2.08. The van der Waals surface area contributed by atoms with Gasteiger partial charge in [-0.3, -0.25) is 0 Å². The average molecular weight is 297 g/mol. The van der Waals surface area contributed by atoms with Crippen LogP contribution in [0.3, 0.4) is 0 Å². The zero-order chi connectivity index (χ0) is 11.5. The van der Waals surface area contributed by atoms with Crippen molar-refractivity contribution in [1.29, 1.82) is 0 Å². The summed E-state index contributed by atoms with van der Waals surface area (Å²) in [5.74, 6) is 0.983. The molecule has 0 saturated heterocycles. The lowest BCUT2D eigenvalue weighted by Crippen LogP contribution is -2.17. The number of thiophene rings is 1. The predicted molar refractivity (Wildman–Crippen MR) is 73.1 cm³/mol. The first-order valence-electron chi connectivity index (χ1n) is 5.01. The summed E-state index contributed by atoms with van der Waals surface area (Å²) in [6.45, 7) is 2.93. The Morgan fingerprint density at radius 3 is 2.94 bits per heavy atom. The van der Waals surface area contributed by atoms with E-state index in [4.69, 9.17) is 0 Å². The van der Waals surface area contributed by atoms with E-state index in [2.05, 4.69) is 55.8 Å². The van der Waals surface area contributed by atoms with Crippen LogP contribution >= 0.6 is 27.3 Å². The van der Waals surface area contributed by atoms with Crippen molar-refractivity contribution in [2.75, 3.05) is 11.9 Å². The SMILES string of the molecule is Cc1cnc(N(C)Cc2ccsc2)c(Br)c1. The molecule has 2 rings (SSSR count). The minimum atomic E-state index is 0.887. The highest BCUT2D eigenvalue weighted by atomic mass is 79.9. The first-order valence-corrected chi connectivity index (χ1v) is 6.75. The lowest BCUT2D eigenvalue weighted by atomic mass is 10.3. The number of anilines is 1. The van der Waals surface area contributed by atoms with E-state index in [1.54, 1.807) is 11.3 Å². The molecular formula is C12H13BrN2S. The molecule has 0 unspecified atom stereocenters. The summed E-state index contributed by atoms with van der Waals surface area (Å²) in [6, 6.07) is 4.23. The summed E-state index contributed by atoms with van der Waals surface area (Å²) in [4.78, 5) is 6.59. The lowest BCUT2D eigenvalue weighted by Gasteiger charge is -2.19. The van der Waals surface area contributed by atoms with Crippen LogP contribution in [0.5, 0.6) is 0 Å². The minimum absolute atomic E-state index is 0.887. The summed E-state index contributed by atoms with van der Waals surface area (Å²) in [5, 5.41) is 4.26. The monoisotopic (exact) mass is 296 g/mol. The first-order chi connectivity index (χ1) is 7.66. The molecule has 0 aliphatic carbocycles. The zero-order valence-electron chi connectivity index (χ0n) is 9.27. The number of rotatable bonds is 3. The van der Waals surface area contributed by atoms with Gasteiger partial charge in [0.25, 0.3) is 0 Å². The molecule has 0 fully saturated rings. The Bertz CT molecular complexity index is 468. The Kier molecular flexibility index (Phi) is 3.61. The molecule has 0 saturated carbocycles. The zero-order valence-corrected chi connectivity index (χ0v) is 11.7. The predicted octanol–water partition coefficient (Wildman–Crippen LogP) is 3.85. The molecule has 2 nitrogen and oxygen atoms in total. The van der Waals surface area contributed by atoms with Crippen molar-refractivity contribution in [2.24, 2.45) is 0 Å². The number of hydrogen-bond donors (Lipinski definition) is 0. The maximum atomic E-state index is 4.44. The van der Waals surface area contributed by atoms with Gasteiger partial charge in [-0.05, 0) is 56.9 Å². The van der Waals surface area contributed by atoms with Gasteiger partial charge in [-0.25, -0.2) is 4.98 Å². The Balaban J connectivity index is 2.17. The van der Waals surface area contributed by atoms with Crippen molar-refractivity contribution in [2.45, 2.75) is 13.5 Å². The van der Waals surface area contributed by atoms with E-state index in [1.165, 1.54) is 11.1 Å². The molecule has 0 aliphatic heterocycles. The molecule has 0 aliphatic rings. The fourth-order valence-electron chi connectivity index (χ4n) is 1.54. The fourth-order valence-corrected chi connectivity index (χ4v) is 2.96. The first kappa shape index (κ1) is 11.6. The van der Waals surface area contributed by atoms with Crippen LogP contribution in [0, 0.1) is 6.92 Å². The van der Waals surface area contributed by atoms with Crippen molar-refractivity contribution in [3.63, 3.8) is 0 Å². The number of aryl methyl sites for hydroxylation is 1. The maximum absolute atomic E-state index is 4.44. The standard InChI is InChI=1S/C12H13BrN2S/c1-9-5-11(13)12(14-6-9)15(2)7-10-3-4-16-8-10/h3-6,8H,7H2,1-2H3. The van der Waals surface area contributed by atoms with Crippen LogP contribution in [-0.2, 0) is 6.54 Å². The molecule has 0 aromatic carbocycles. The van der Waals surface area contributed by atoms with Crippen LogP contribution in [-0.4, -0.2) is 12.0 Å². The van der Waals surface area contributed by atoms with Crippen molar-refractivity contribution in [3.8, 4) is 0 Å². The third-order valence-corrected chi connectivity index (χ3v) is 3.64. The summed E-state index contributed by atoms with van der Waals surface area (Å²) in [7, 11) is 2.06. The third kappa shape index (κ3) is 2.62. The van der Waals surface area contributed by atoms with Crippen molar-refractivity contribution in [3.05, 3.63) is 44.7 Å². The molecule has 16 heavy (non-hydrogen) atoms. The summed E-state index contributed by atoms with van der Waals surface area (Å²) in [5.41, 5.74) is 2.49. The molecule has 0 radical (unpaired) electrons. The van der Waals surface area contributed by atoms with E-state index in [0.717, 1.165) is 16.8 Å². The Labute approximate surface area is 108 Å². The van der Waals surface area contributed by atoms with E-state index < -0.39 is 0 Å². The quantitative estimate of drug-likeness (QED) is 0.855. The van der Waals surface area contributed by atoms with Gasteiger partial charge in [0.2, 0.25) is 0 Å². The topological polar surface area (TPSA) is 16.1 Å². The second-order valence-corrected chi connectivity index (χ2v) is 5.44. The van der Waals surface area contributed by atoms with Gasteiger partial charge in [0.05, 0.1) is 4.47 Å². The number of nitrogens with zero attached hydrogens (tertiary/aromatic N) is 2. The van der Waals surface area contributed by atoms with Crippen LogP contribution in [0.1, 0.15) is 11.1 Å². The van der Waals surface area contributed by atoms with Crippen LogP contribution in [0.25, 0.3) is 0 Å². The second-order valence-electron chi connectivity index (χ2n) is 3.81. The highest BCUT2D eigenvalue weighted by molar-refractivity contribution is 9.10. The number of aromatic nitrogens is 1. The molecule has 2 aromatic heterocycles. The molecule has 0 atom stereocenters. The van der Waals surface area contributed by atoms with Crippen LogP contribution in [0.15, 0.2) is 33.6 Å². The molecule has 0 bridgehead atoms. The smallest absolute Gasteiger partial charge is 0.142 e. The van der Waals surface area contributed by atoms with E-state index in [9.17, 15) is 0 Å². The van der Waals surface area contributed by atoms with Gasteiger partial charge in [-0.15, -0.1) is 0 Å². The van der Waals surface area contributed by atoms with E-state index in [1.807, 2.05) is 13.1 Å². The molecule has 0 amide bonds. The average Bonchev–Trinajstić information content (AvgIpc) is 2.70. The van der Waals surface area contributed by atoms with Crippen LogP contribution in [0.2, 0.25) is 0 Å². The van der Waals surface area contributed by atoms with E-state index in [-0.39, 0.29) is 0 Å². The van der Waals surface area contributed by atoms with Crippen molar-refractivity contribution in [1.82, 2.24) is 4.98 Å². The summed E-state index contributed by atoms with van der Waals surface area (Å²) in [6.07, 6.45) is 1.89. The maximum Gasteiger partial charge on any atom is 0.142 e. The Morgan fingerprint density at radius 1 is 1.50 bits per heavy atom. The third-order valence-electron chi connectivity index (χ3n) is 2.32. The van der Waals surface area contributed by atoms with Crippen LogP contribution < -0.4 is 4.90 Å². The number of halogens is 1. The molecular weight excluding hydrogens is 284 g/mol. The lowest BCUT2D eigenvalue weighted by molar-refractivity contribution is 0.896. The van der Waals surface area contributed by atoms with Gasteiger partial charge in [0.15, 0.2) is 0 Å². The highest BCUT2D eigenvalue weighted by Crippen LogP contribution is 2.24. The number of hydrogen-bond acceptors (Lipinski definition) is 3. The molecule has 2 heterocycles. The van der Waals surface area contributed by atoms with Gasteiger partial charge in [0, 0.05) is 19.8 Å². The van der Waals surface area contributed by atoms with Gasteiger partial charge < -0.3 is 4.90 Å². The van der Waals surface area contributed by atoms with E-state index in [0.29, 0.717) is 0 Å². The van der Waals surface area contributed by atoms with Crippen molar-refractivity contribution >= 4 is 33.1 Å². The molecule has 0 N–H and O–H groups in total. The van der Waals surface area contributed by atoms with Gasteiger partial charge in [-0.1, -0.05) is 0 Å². The van der Waals surface area contributed by atoms with Gasteiger partial charge >= 0.3 is 0 Å². The Hall–Kier alpha value is -0.870. The summed E-state index contributed by atoms with van der Waals surface area (Å²) >= 11 is 5.27. The van der Waals surface area contributed by atoms with Gasteiger partial charge in [0.1, 0.15) is 5.82 Å². The second kappa shape index (κ2) is 4.97. The Morgan fingerprint density at radius 2 is 2.31 bits per heavy atom. The van der Waals surface area contributed by atoms with Crippen LogP contribution in [0.4, 0.5) is 5.82 Å². The number of pyridine rings is 1. The van der Waals surface area contributed by atoms with Crippen molar-refractivity contribution < 1.29 is 0 Å². The summed E-state index contributed by atoms with van der Waals surface area (Å²) < 4.78 is 1.05. The van der Waals surface area contributed by atoms with E-state index >= 15 is 0 Å². The largest absolute Gasteiger partial charge is 0.354 e. The molecule has 2 aromatic rings. The van der Waals surface area contributed by atoms with Gasteiger partial charge in [-0.2, -0.15) is 11.3 Å². The molecule has 84 valence electrons. The normalized spacial score (nSPS) is 10.4. The molecule has 0 spiro atoms. The molecule has 4 heteroatoms. The fraction of sp³-hybridized carbons (Fsp3) is 0.250. The minimum Gasteiger partial charge on any atom is -0.354 e.